The molecule has 0 saturated heterocycles. The van der Waals surface area contributed by atoms with Gasteiger partial charge in [-0.2, -0.15) is 13.2 Å². The predicted octanol–water partition coefficient (Wildman–Crippen LogP) is 2.09. The quantitative estimate of drug-likeness (QED) is 0.223. The maximum absolute atomic E-state index is 10.7. The molecule has 0 amide bonds. The average molecular weight is 479 g/mol. The Morgan fingerprint density at radius 3 is 2.46 bits per heavy atom. The molecule has 0 unspecified atom stereocenters. The number of halogens is 3. The van der Waals surface area contributed by atoms with Crippen molar-refractivity contribution < 1.29 is 35.4 Å². The smallest absolute Gasteiger partial charge is 0.485 e. The number of fused-ring (bicyclic) bond motifs is 1. The third-order valence-corrected chi connectivity index (χ3v) is 6.72. The van der Waals surface area contributed by atoms with Gasteiger partial charge in [-0.05, 0) is 0 Å². The van der Waals surface area contributed by atoms with E-state index in [0.717, 1.165) is 6.61 Å². The Kier molecular flexibility index (Phi) is 7.28. The fourth-order valence-electron chi connectivity index (χ4n) is 1.62. The number of benzene rings is 1. The van der Waals surface area contributed by atoms with Crippen LogP contribution in [0.1, 0.15) is 16.2 Å². The SMILES string of the molecule is CCOC=Cc1[te]c2ccc(C)cc2[n+]1C.O=S(=O)([O-])C(F)(F)F. The molecule has 0 aliphatic rings. The minimum absolute atomic E-state index is 0.226. The number of aromatic nitrogens is 1. The Bertz CT molecular complexity index is 828. The molecule has 2 aromatic rings. The third-order valence-electron chi connectivity index (χ3n) is 2.78. The van der Waals surface area contributed by atoms with Gasteiger partial charge in [0.05, 0.1) is 0 Å². The van der Waals surface area contributed by atoms with Crippen molar-refractivity contribution in [3.63, 3.8) is 0 Å². The van der Waals surface area contributed by atoms with Crippen LogP contribution in [0.25, 0.3) is 15.0 Å². The van der Waals surface area contributed by atoms with Crippen molar-refractivity contribution in [2.24, 2.45) is 7.05 Å². The number of ether oxygens (including phenoxy) is 1. The molecule has 134 valence electrons. The Balaban J connectivity index is 0.000000307. The van der Waals surface area contributed by atoms with Crippen molar-refractivity contribution in [2.45, 2.75) is 19.4 Å². The molecule has 1 aromatic heterocycles. The Morgan fingerprint density at radius 1 is 1.38 bits per heavy atom. The summed E-state index contributed by atoms with van der Waals surface area (Å²) in [7, 11) is -3.95. The van der Waals surface area contributed by atoms with Gasteiger partial charge < -0.3 is 4.55 Å². The molecule has 2 rings (SSSR count). The summed E-state index contributed by atoms with van der Waals surface area (Å²) in [5, 5.41) is 0. The van der Waals surface area contributed by atoms with Crippen LogP contribution in [0, 0.1) is 6.92 Å². The van der Waals surface area contributed by atoms with Crippen LogP contribution in [0.3, 0.4) is 0 Å². The normalized spacial score (nSPS) is 12.3. The van der Waals surface area contributed by atoms with Crippen molar-refractivity contribution in [1.82, 2.24) is 0 Å². The van der Waals surface area contributed by atoms with E-state index < -0.39 is 15.6 Å². The number of hydrogen-bond acceptors (Lipinski definition) is 4. The summed E-state index contributed by atoms with van der Waals surface area (Å²) in [6.45, 7) is 4.88. The van der Waals surface area contributed by atoms with Gasteiger partial charge in [0.1, 0.15) is 0 Å². The Morgan fingerprint density at radius 2 is 1.96 bits per heavy atom. The average Bonchev–Trinajstić information content (AvgIpc) is 2.75. The minimum Gasteiger partial charge on any atom is -0.741 e. The molecule has 1 heterocycles. The van der Waals surface area contributed by atoms with E-state index in [2.05, 4.69) is 42.8 Å². The van der Waals surface area contributed by atoms with E-state index in [9.17, 15) is 13.2 Å². The largest absolute Gasteiger partial charge is 0.741 e. The van der Waals surface area contributed by atoms with E-state index >= 15 is 0 Å². The van der Waals surface area contributed by atoms with Gasteiger partial charge in [0.15, 0.2) is 10.1 Å². The first-order valence-electron chi connectivity index (χ1n) is 6.67. The van der Waals surface area contributed by atoms with Gasteiger partial charge in [0.2, 0.25) is 0 Å². The molecule has 0 aliphatic carbocycles. The molecule has 0 N–H and O–H groups in total. The fourth-order valence-corrected chi connectivity index (χ4v) is 4.54. The van der Waals surface area contributed by atoms with Crippen molar-refractivity contribution in [3.05, 3.63) is 33.7 Å². The van der Waals surface area contributed by atoms with Gasteiger partial charge in [-0.1, -0.05) is 0 Å². The van der Waals surface area contributed by atoms with Gasteiger partial charge in [-0.25, -0.2) is 8.42 Å². The second-order valence-electron chi connectivity index (χ2n) is 4.63. The molecule has 0 radical (unpaired) electrons. The molecule has 0 fully saturated rings. The fraction of sp³-hybridized carbons (Fsp3) is 0.357. The van der Waals surface area contributed by atoms with E-state index in [0.29, 0.717) is 0 Å². The molecule has 0 bridgehead atoms. The van der Waals surface area contributed by atoms with E-state index in [4.69, 9.17) is 17.7 Å². The van der Waals surface area contributed by atoms with Gasteiger partial charge in [-0.3, -0.25) is 0 Å². The van der Waals surface area contributed by atoms with E-state index in [-0.39, 0.29) is 20.4 Å². The summed E-state index contributed by atoms with van der Waals surface area (Å²) in [5.74, 6) is 0. The molecule has 10 heteroatoms. The first-order valence-corrected chi connectivity index (χ1v) is 10.4. The summed E-state index contributed by atoms with van der Waals surface area (Å²) >= 11 is -0.226. The van der Waals surface area contributed by atoms with Crippen LogP contribution in [-0.4, -0.2) is 45.5 Å². The van der Waals surface area contributed by atoms with E-state index in [1.165, 1.54) is 18.2 Å². The number of alkyl halides is 3. The predicted molar refractivity (Wildman–Crippen MR) is 83.2 cm³/mol. The van der Waals surface area contributed by atoms with Gasteiger partial charge >= 0.3 is 111 Å². The number of nitrogens with zero attached hydrogens (tertiary/aromatic N) is 1. The molecule has 0 spiro atoms. The van der Waals surface area contributed by atoms with Crippen LogP contribution < -0.4 is 4.57 Å². The van der Waals surface area contributed by atoms with Gasteiger partial charge in [-0.15, -0.1) is 0 Å². The standard InChI is InChI=1S/C13H16NOTe.CHF3O3S/c1-4-15-8-7-13-14(3)11-9-10(2)5-6-12(11)16-13;2-1(3,4)8(5,6)7/h5-9H,4H2,1-3H3;(H,5,6,7)/q+1;/p-1. The molecule has 24 heavy (non-hydrogen) atoms. The van der Waals surface area contributed by atoms with Crippen molar-refractivity contribution in [1.29, 1.82) is 0 Å². The van der Waals surface area contributed by atoms with Crippen LogP contribution >= 0.6 is 0 Å². The Labute approximate surface area is 147 Å². The molecule has 0 atom stereocenters. The molecule has 5 nitrogen and oxygen atoms in total. The first-order chi connectivity index (χ1) is 11.0. The zero-order chi connectivity index (χ0) is 18.5. The minimum atomic E-state index is -6.09. The van der Waals surface area contributed by atoms with Crippen LogP contribution in [0.2, 0.25) is 0 Å². The van der Waals surface area contributed by atoms with Crippen molar-refractivity contribution in [2.75, 3.05) is 6.61 Å². The molecular weight excluding hydrogens is 463 g/mol. The molecular formula is C14H16F3NO4STe. The van der Waals surface area contributed by atoms with Crippen LogP contribution in [0.4, 0.5) is 13.2 Å². The van der Waals surface area contributed by atoms with Crippen molar-refractivity contribution in [3.8, 4) is 0 Å². The third kappa shape index (κ3) is 5.77. The first kappa shape index (κ1) is 21.0. The Hall–Kier alpha value is -1.08. The number of rotatable bonds is 3. The monoisotopic (exact) mass is 481 g/mol. The summed E-state index contributed by atoms with van der Waals surface area (Å²) < 4.78 is 69.4. The van der Waals surface area contributed by atoms with Gasteiger partial charge in [0, 0.05) is 0 Å². The molecule has 0 saturated carbocycles. The maximum atomic E-state index is 10.7. The molecule has 1 aromatic carbocycles. The summed E-state index contributed by atoms with van der Waals surface area (Å²) in [6, 6.07) is 6.74. The molecule has 0 aliphatic heterocycles. The topological polar surface area (TPSA) is 70.3 Å². The second-order valence-corrected chi connectivity index (χ2v) is 9.03. The second kappa shape index (κ2) is 8.34. The zero-order valence-electron chi connectivity index (χ0n) is 13.1. The number of aryl methyl sites for hydroxylation is 2. The zero-order valence-corrected chi connectivity index (χ0v) is 16.3. The van der Waals surface area contributed by atoms with E-state index in [1.807, 2.05) is 13.2 Å². The van der Waals surface area contributed by atoms with Crippen molar-refractivity contribution >= 4 is 45.5 Å². The van der Waals surface area contributed by atoms with E-state index in [1.54, 1.807) is 0 Å². The van der Waals surface area contributed by atoms with Crippen LogP contribution in [0.5, 0.6) is 0 Å². The van der Waals surface area contributed by atoms with Gasteiger partial charge in [0.25, 0.3) is 0 Å². The van der Waals surface area contributed by atoms with Crippen LogP contribution in [-0.2, 0) is 21.9 Å². The maximum Gasteiger partial charge on any atom is 0.485 e. The summed E-state index contributed by atoms with van der Waals surface area (Å²) in [5.41, 5.74) is -2.95. The number of hydrogen-bond donors (Lipinski definition) is 0. The van der Waals surface area contributed by atoms with Crippen LogP contribution in [0.15, 0.2) is 24.5 Å². The summed E-state index contributed by atoms with van der Waals surface area (Å²) in [6.07, 6.45) is 3.93. The summed E-state index contributed by atoms with van der Waals surface area (Å²) in [4.78, 5) is 0.